The molecule has 0 aliphatic heterocycles. The van der Waals surface area contributed by atoms with E-state index in [4.69, 9.17) is 9.16 Å². The zero-order valence-electron chi connectivity index (χ0n) is 12.7. The highest BCUT2D eigenvalue weighted by Gasteiger charge is 2.40. The van der Waals surface area contributed by atoms with E-state index >= 15 is 0 Å². The van der Waals surface area contributed by atoms with E-state index in [1.165, 1.54) is 0 Å². The van der Waals surface area contributed by atoms with Gasteiger partial charge in [-0.2, -0.15) is 0 Å². The normalized spacial score (nSPS) is 27.1. The van der Waals surface area contributed by atoms with Crippen LogP contribution in [0.2, 0.25) is 18.1 Å². The van der Waals surface area contributed by atoms with Gasteiger partial charge in [-0.05, 0) is 31.0 Å². The molecule has 1 aliphatic rings. The van der Waals surface area contributed by atoms with Crippen molar-refractivity contribution in [3.63, 3.8) is 0 Å². The van der Waals surface area contributed by atoms with Crippen LogP contribution in [0, 0.1) is 0 Å². The summed E-state index contributed by atoms with van der Waals surface area (Å²) in [5, 5.41) is 0.185. The van der Waals surface area contributed by atoms with Gasteiger partial charge in [0.25, 0.3) is 0 Å². The molecular weight excluding hydrogens is 244 g/mol. The van der Waals surface area contributed by atoms with E-state index in [1.54, 1.807) is 7.11 Å². The van der Waals surface area contributed by atoms with Crippen LogP contribution >= 0.6 is 0 Å². The molecule has 0 heterocycles. The highest BCUT2D eigenvalue weighted by Crippen LogP contribution is 2.38. The number of hydrogen-bond donors (Lipinski definition) is 0. The maximum absolute atomic E-state index is 11.8. The Kier molecular flexibility index (Phi) is 5.15. The van der Waals surface area contributed by atoms with Crippen molar-refractivity contribution in [3.05, 3.63) is 0 Å². The summed E-state index contributed by atoms with van der Waals surface area (Å²) >= 11 is 0. The van der Waals surface area contributed by atoms with Crippen LogP contribution in [0.1, 0.15) is 46.5 Å². The SMILES string of the molecule is CO[C@@H]1CCC(=O)C[C@@H](O[Si](C)(C)C(C)(C)C)C1. The van der Waals surface area contributed by atoms with Crippen molar-refractivity contribution >= 4 is 14.1 Å². The fourth-order valence-electron chi connectivity index (χ4n) is 2.07. The van der Waals surface area contributed by atoms with Gasteiger partial charge in [-0.15, -0.1) is 0 Å². The monoisotopic (exact) mass is 272 g/mol. The Morgan fingerprint density at radius 3 is 2.33 bits per heavy atom. The first-order valence-electron chi connectivity index (χ1n) is 6.88. The van der Waals surface area contributed by atoms with Crippen LogP contribution in [-0.4, -0.2) is 33.4 Å². The number of carbonyl (C=O) groups excluding carboxylic acids is 1. The highest BCUT2D eigenvalue weighted by atomic mass is 28.4. The largest absolute Gasteiger partial charge is 0.413 e. The van der Waals surface area contributed by atoms with Crippen LogP contribution in [0.3, 0.4) is 0 Å². The molecule has 18 heavy (non-hydrogen) atoms. The Bertz CT molecular complexity index is 294. The van der Waals surface area contributed by atoms with Crippen LogP contribution in [0.25, 0.3) is 0 Å². The quantitative estimate of drug-likeness (QED) is 0.582. The molecule has 0 amide bonds. The third kappa shape index (κ3) is 4.18. The van der Waals surface area contributed by atoms with Crippen molar-refractivity contribution < 1.29 is 14.0 Å². The number of methoxy groups -OCH3 is 1. The van der Waals surface area contributed by atoms with E-state index < -0.39 is 8.32 Å². The summed E-state index contributed by atoms with van der Waals surface area (Å²) in [5.74, 6) is 0.318. The van der Waals surface area contributed by atoms with E-state index in [-0.39, 0.29) is 17.2 Å². The molecule has 1 fully saturated rings. The number of carbonyl (C=O) groups is 1. The lowest BCUT2D eigenvalue weighted by Crippen LogP contribution is -2.44. The summed E-state index contributed by atoms with van der Waals surface area (Å²) < 4.78 is 11.8. The van der Waals surface area contributed by atoms with Crippen molar-refractivity contribution in [1.82, 2.24) is 0 Å². The molecule has 0 aromatic heterocycles. The predicted molar refractivity (Wildman–Crippen MR) is 76.3 cm³/mol. The predicted octanol–water partition coefficient (Wildman–Crippen LogP) is 3.53. The first-order chi connectivity index (χ1) is 8.15. The van der Waals surface area contributed by atoms with Crippen LogP contribution in [-0.2, 0) is 14.0 Å². The van der Waals surface area contributed by atoms with Gasteiger partial charge in [-0.3, -0.25) is 4.79 Å². The lowest BCUT2D eigenvalue weighted by atomic mass is 10.1. The standard InChI is InChI=1S/C14H28O3Si/c1-14(2,3)18(5,6)17-13-9-11(15)7-8-12(10-13)16-4/h12-13H,7-10H2,1-6H3/t12-,13-/m1/s1. The molecule has 1 aliphatic carbocycles. The first kappa shape index (κ1) is 15.9. The molecule has 4 heteroatoms. The Morgan fingerprint density at radius 2 is 1.83 bits per heavy atom. The summed E-state index contributed by atoms with van der Waals surface area (Å²) in [5.41, 5.74) is 0. The summed E-state index contributed by atoms with van der Waals surface area (Å²) in [6, 6.07) is 0. The van der Waals surface area contributed by atoms with Crippen molar-refractivity contribution in [2.24, 2.45) is 0 Å². The second kappa shape index (κ2) is 5.84. The smallest absolute Gasteiger partial charge is 0.192 e. The molecule has 0 N–H and O–H groups in total. The molecule has 0 unspecified atom stereocenters. The molecule has 1 rings (SSSR count). The van der Waals surface area contributed by atoms with Crippen LogP contribution in [0.15, 0.2) is 0 Å². The number of hydrogen-bond acceptors (Lipinski definition) is 3. The van der Waals surface area contributed by atoms with Gasteiger partial charge in [0.2, 0.25) is 0 Å². The molecular formula is C14H28O3Si. The maximum atomic E-state index is 11.8. The van der Waals surface area contributed by atoms with E-state index in [0.29, 0.717) is 18.6 Å². The van der Waals surface area contributed by atoms with Gasteiger partial charge in [0.1, 0.15) is 5.78 Å². The second-order valence-corrected chi connectivity index (χ2v) is 11.6. The van der Waals surface area contributed by atoms with Crippen molar-refractivity contribution in [1.29, 1.82) is 0 Å². The summed E-state index contributed by atoms with van der Waals surface area (Å²) in [6.07, 6.45) is 3.11. The molecule has 106 valence electrons. The van der Waals surface area contributed by atoms with Gasteiger partial charge >= 0.3 is 0 Å². The average Bonchev–Trinajstić information content (AvgIpc) is 2.37. The lowest BCUT2D eigenvalue weighted by Gasteiger charge is -2.39. The highest BCUT2D eigenvalue weighted by molar-refractivity contribution is 6.74. The van der Waals surface area contributed by atoms with E-state index in [2.05, 4.69) is 33.9 Å². The molecule has 1 saturated carbocycles. The van der Waals surface area contributed by atoms with Crippen LogP contribution < -0.4 is 0 Å². The van der Waals surface area contributed by atoms with E-state index in [9.17, 15) is 4.79 Å². The minimum Gasteiger partial charge on any atom is -0.413 e. The van der Waals surface area contributed by atoms with Crippen molar-refractivity contribution in [2.45, 2.75) is 76.8 Å². The summed E-state index contributed by atoms with van der Waals surface area (Å²) in [7, 11) is -0.0684. The minimum atomic E-state index is -1.79. The number of ketones is 1. The Hall–Kier alpha value is -0.193. The van der Waals surface area contributed by atoms with Gasteiger partial charge in [0, 0.05) is 20.0 Å². The molecule has 0 bridgehead atoms. The Morgan fingerprint density at radius 1 is 1.22 bits per heavy atom. The Labute approximate surface area is 112 Å². The number of rotatable bonds is 3. The lowest BCUT2D eigenvalue weighted by molar-refractivity contribution is -0.120. The van der Waals surface area contributed by atoms with Gasteiger partial charge in [0.15, 0.2) is 8.32 Å². The summed E-state index contributed by atoms with van der Waals surface area (Å²) in [4.78, 5) is 11.8. The van der Waals surface area contributed by atoms with Gasteiger partial charge in [-0.25, -0.2) is 0 Å². The van der Waals surface area contributed by atoms with Crippen molar-refractivity contribution in [3.8, 4) is 0 Å². The molecule has 0 saturated heterocycles. The Balaban J connectivity index is 2.72. The third-order valence-corrected chi connectivity index (χ3v) is 8.86. The van der Waals surface area contributed by atoms with Crippen LogP contribution in [0.5, 0.6) is 0 Å². The molecule has 3 nitrogen and oxygen atoms in total. The fraction of sp³-hybridized carbons (Fsp3) is 0.929. The van der Waals surface area contributed by atoms with Gasteiger partial charge in [0.05, 0.1) is 12.2 Å². The summed E-state index contributed by atoms with van der Waals surface area (Å²) in [6.45, 7) is 11.2. The molecule has 0 aromatic carbocycles. The van der Waals surface area contributed by atoms with Gasteiger partial charge in [-0.1, -0.05) is 20.8 Å². The van der Waals surface area contributed by atoms with E-state index in [1.807, 2.05) is 0 Å². The second-order valence-electron chi connectivity index (χ2n) is 6.88. The van der Waals surface area contributed by atoms with Crippen LogP contribution in [0.4, 0.5) is 0 Å². The first-order valence-corrected chi connectivity index (χ1v) is 9.79. The third-order valence-electron chi connectivity index (χ3n) is 4.33. The van der Waals surface area contributed by atoms with Gasteiger partial charge < -0.3 is 9.16 Å². The average molecular weight is 272 g/mol. The topological polar surface area (TPSA) is 35.5 Å². The zero-order chi connectivity index (χ0) is 14.0. The molecule has 2 atom stereocenters. The number of Topliss-reactive ketones (excluding diaryl/α,β-unsaturated/α-hetero) is 1. The molecule has 0 aromatic rings. The maximum Gasteiger partial charge on any atom is 0.192 e. The molecule has 0 radical (unpaired) electrons. The number of ether oxygens (including phenoxy) is 1. The van der Waals surface area contributed by atoms with E-state index in [0.717, 1.165) is 12.8 Å². The fourth-order valence-corrected chi connectivity index (χ4v) is 3.44. The minimum absolute atomic E-state index is 0.0471. The van der Waals surface area contributed by atoms with Crippen molar-refractivity contribution in [2.75, 3.05) is 7.11 Å². The zero-order valence-corrected chi connectivity index (χ0v) is 13.7. The molecule has 0 spiro atoms.